The summed E-state index contributed by atoms with van der Waals surface area (Å²) >= 11 is 0. The topological polar surface area (TPSA) is 79.8 Å². The monoisotopic (exact) mass is 417 g/mol. The van der Waals surface area contributed by atoms with Crippen LogP contribution >= 0.6 is 0 Å². The summed E-state index contributed by atoms with van der Waals surface area (Å²) < 4.78 is 30.3. The molecule has 1 unspecified atom stereocenters. The molecule has 0 saturated carbocycles. The normalized spacial score (nSPS) is 16.9. The third-order valence-corrected chi connectivity index (χ3v) is 6.69. The Hall–Kier alpha value is -2.45. The second-order valence-corrected chi connectivity index (χ2v) is 9.30. The van der Waals surface area contributed by atoms with Gasteiger partial charge in [0.2, 0.25) is 15.9 Å². The van der Waals surface area contributed by atoms with Crippen LogP contribution in [0.25, 0.3) is 0 Å². The maximum Gasteiger partial charge on any atom is 0.226 e. The van der Waals surface area contributed by atoms with Gasteiger partial charge in [-0.2, -0.15) is 0 Å². The summed E-state index contributed by atoms with van der Waals surface area (Å²) in [7, 11) is 0.172. The largest absolute Gasteiger partial charge is 0.497 e. The van der Waals surface area contributed by atoms with Gasteiger partial charge >= 0.3 is 0 Å². The summed E-state index contributed by atoms with van der Waals surface area (Å²) in [6.07, 6.45) is 3.96. The van der Waals surface area contributed by atoms with E-state index in [2.05, 4.69) is 4.98 Å². The molecule has 29 heavy (non-hydrogen) atoms. The van der Waals surface area contributed by atoms with Crippen molar-refractivity contribution in [1.82, 2.24) is 14.2 Å². The Morgan fingerprint density at radius 2 is 1.93 bits per heavy atom. The fourth-order valence-electron chi connectivity index (χ4n) is 3.79. The maximum atomic E-state index is 13.3. The van der Waals surface area contributed by atoms with E-state index in [1.165, 1.54) is 10.6 Å². The highest BCUT2D eigenvalue weighted by Gasteiger charge is 2.34. The number of amides is 1. The zero-order chi connectivity index (χ0) is 21.0. The summed E-state index contributed by atoms with van der Waals surface area (Å²) in [5.74, 6) is 0.497. The number of hydrogen-bond acceptors (Lipinski definition) is 5. The van der Waals surface area contributed by atoms with Gasteiger partial charge in [-0.1, -0.05) is 18.2 Å². The van der Waals surface area contributed by atoms with Crippen molar-refractivity contribution in [2.45, 2.75) is 18.9 Å². The molecule has 1 saturated heterocycles. The number of methoxy groups -OCH3 is 1. The number of piperidine rings is 1. The molecule has 1 fully saturated rings. The second-order valence-electron chi connectivity index (χ2n) is 7.32. The molecule has 1 aromatic heterocycles. The lowest BCUT2D eigenvalue weighted by Gasteiger charge is -2.35. The summed E-state index contributed by atoms with van der Waals surface area (Å²) in [6.45, 7) is 0.743. The van der Waals surface area contributed by atoms with Crippen LogP contribution in [0.3, 0.4) is 0 Å². The smallest absolute Gasteiger partial charge is 0.226 e. The van der Waals surface area contributed by atoms with Crippen LogP contribution in [0.2, 0.25) is 0 Å². The van der Waals surface area contributed by atoms with Crippen molar-refractivity contribution in [2.75, 3.05) is 33.5 Å². The Morgan fingerprint density at radius 1 is 1.21 bits per heavy atom. The number of rotatable bonds is 6. The predicted molar refractivity (Wildman–Crippen MR) is 111 cm³/mol. The van der Waals surface area contributed by atoms with E-state index < -0.39 is 10.0 Å². The van der Waals surface area contributed by atoms with Crippen molar-refractivity contribution in [3.63, 3.8) is 0 Å². The number of carbonyl (C=O) groups excluding carboxylic acids is 1. The van der Waals surface area contributed by atoms with E-state index in [1.807, 2.05) is 42.5 Å². The lowest BCUT2D eigenvalue weighted by atomic mass is 9.94. The summed E-state index contributed by atoms with van der Waals surface area (Å²) in [5.41, 5.74) is 1.68. The molecule has 156 valence electrons. The van der Waals surface area contributed by atoms with E-state index in [0.29, 0.717) is 31.7 Å². The van der Waals surface area contributed by atoms with Crippen LogP contribution in [-0.4, -0.2) is 62.0 Å². The molecule has 1 atom stereocenters. The molecule has 0 radical (unpaired) electrons. The molecule has 2 heterocycles. The highest BCUT2D eigenvalue weighted by Crippen LogP contribution is 2.31. The quantitative estimate of drug-likeness (QED) is 0.721. The molecule has 8 heteroatoms. The molecule has 1 aromatic carbocycles. The number of pyridine rings is 1. The van der Waals surface area contributed by atoms with Gasteiger partial charge in [0.1, 0.15) is 5.75 Å². The fourth-order valence-corrected chi connectivity index (χ4v) is 4.67. The van der Waals surface area contributed by atoms with E-state index in [4.69, 9.17) is 4.74 Å². The van der Waals surface area contributed by atoms with Crippen LogP contribution < -0.4 is 4.74 Å². The fraction of sp³-hybridized carbons (Fsp3) is 0.429. The molecule has 3 rings (SSSR count). The minimum Gasteiger partial charge on any atom is -0.497 e. The Bertz CT molecular complexity index is 941. The van der Waals surface area contributed by atoms with Gasteiger partial charge in [-0.05, 0) is 42.7 Å². The zero-order valence-corrected chi connectivity index (χ0v) is 17.8. The number of aromatic nitrogens is 1. The number of ether oxygens (including phenoxy) is 1. The Kier molecular flexibility index (Phi) is 6.54. The van der Waals surface area contributed by atoms with E-state index in [0.717, 1.165) is 11.3 Å². The van der Waals surface area contributed by atoms with E-state index >= 15 is 0 Å². The highest BCUT2D eigenvalue weighted by molar-refractivity contribution is 7.88. The Balaban J connectivity index is 1.85. The molecule has 1 aliphatic rings. The van der Waals surface area contributed by atoms with Gasteiger partial charge in [0, 0.05) is 32.3 Å². The van der Waals surface area contributed by atoms with Gasteiger partial charge in [0.25, 0.3) is 0 Å². The third-order valence-electron chi connectivity index (χ3n) is 5.38. The number of hydrogen-bond donors (Lipinski definition) is 0. The van der Waals surface area contributed by atoms with Gasteiger partial charge in [-0.25, -0.2) is 12.7 Å². The molecular formula is C21H27N3O4S. The first-order valence-electron chi connectivity index (χ1n) is 9.58. The Morgan fingerprint density at radius 3 is 2.52 bits per heavy atom. The van der Waals surface area contributed by atoms with Gasteiger partial charge in [-0.3, -0.25) is 9.78 Å². The van der Waals surface area contributed by atoms with Gasteiger partial charge in [-0.15, -0.1) is 0 Å². The first-order chi connectivity index (χ1) is 13.8. The molecule has 0 aliphatic carbocycles. The van der Waals surface area contributed by atoms with Gasteiger partial charge in [0.05, 0.1) is 25.1 Å². The summed E-state index contributed by atoms with van der Waals surface area (Å²) in [5, 5.41) is 0. The zero-order valence-electron chi connectivity index (χ0n) is 17.0. The van der Waals surface area contributed by atoms with Crippen LogP contribution in [0.5, 0.6) is 5.75 Å². The van der Waals surface area contributed by atoms with Crippen molar-refractivity contribution < 1.29 is 17.9 Å². The van der Waals surface area contributed by atoms with Crippen LogP contribution in [-0.2, 0) is 14.8 Å². The highest BCUT2D eigenvalue weighted by atomic mass is 32.2. The third kappa shape index (κ3) is 4.94. The van der Waals surface area contributed by atoms with Crippen molar-refractivity contribution in [1.29, 1.82) is 0 Å². The van der Waals surface area contributed by atoms with E-state index in [1.54, 1.807) is 25.3 Å². The van der Waals surface area contributed by atoms with Gasteiger partial charge < -0.3 is 9.64 Å². The number of nitrogens with zero attached hydrogens (tertiary/aromatic N) is 3. The molecule has 1 aliphatic heterocycles. The number of carbonyl (C=O) groups is 1. The average Bonchev–Trinajstić information content (AvgIpc) is 2.73. The van der Waals surface area contributed by atoms with Gasteiger partial charge in [0.15, 0.2) is 0 Å². The molecule has 0 spiro atoms. The van der Waals surface area contributed by atoms with Crippen LogP contribution in [0.4, 0.5) is 0 Å². The maximum absolute atomic E-state index is 13.3. The minimum absolute atomic E-state index is 0.00313. The Labute approximate surface area is 172 Å². The minimum atomic E-state index is -3.22. The van der Waals surface area contributed by atoms with Crippen LogP contribution in [0, 0.1) is 5.92 Å². The first-order valence-corrected chi connectivity index (χ1v) is 11.4. The van der Waals surface area contributed by atoms with Crippen LogP contribution in [0.15, 0.2) is 48.7 Å². The molecule has 1 amide bonds. The molecule has 0 N–H and O–H groups in total. The number of benzene rings is 1. The first kappa shape index (κ1) is 21.3. The molecule has 2 aromatic rings. The predicted octanol–water partition coefficient (Wildman–Crippen LogP) is 2.31. The molecule has 7 nitrogen and oxygen atoms in total. The van der Waals surface area contributed by atoms with Crippen molar-refractivity contribution in [2.24, 2.45) is 5.92 Å². The molecule has 0 bridgehead atoms. The molecular weight excluding hydrogens is 390 g/mol. The van der Waals surface area contributed by atoms with Crippen LogP contribution in [0.1, 0.15) is 30.1 Å². The van der Waals surface area contributed by atoms with E-state index in [9.17, 15) is 13.2 Å². The van der Waals surface area contributed by atoms with Crippen molar-refractivity contribution in [3.8, 4) is 5.75 Å². The SMILES string of the molecule is COc1cccc(C(c2ccccn2)N(C)C(=O)C2CCN(S(C)(=O)=O)CC2)c1. The number of sulfonamides is 1. The van der Waals surface area contributed by atoms with Crippen molar-refractivity contribution in [3.05, 3.63) is 59.9 Å². The lowest BCUT2D eigenvalue weighted by Crippen LogP contribution is -2.44. The summed E-state index contributed by atoms with van der Waals surface area (Å²) in [4.78, 5) is 19.5. The average molecular weight is 418 g/mol. The van der Waals surface area contributed by atoms with E-state index in [-0.39, 0.29) is 17.9 Å². The summed E-state index contributed by atoms with van der Waals surface area (Å²) in [6, 6.07) is 12.9. The second kappa shape index (κ2) is 8.92. The van der Waals surface area contributed by atoms with Crippen molar-refractivity contribution >= 4 is 15.9 Å². The lowest BCUT2D eigenvalue weighted by molar-refractivity contribution is -0.137. The standard InChI is InChI=1S/C21H27N3O4S/c1-23(21(25)16-10-13-24(14-11-16)29(3,26)27)20(19-9-4-5-12-22-19)17-7-6-8-18(15-17)28-2/h4-9,12,15-16,20H,10-11,13-14H2,1-3H3.